The minimum absolute atomic E-state index is 0.0486. The van der Waals surface area contributed by atoms with Crippen molar-refractivity contribution in [2.24, 2.45) is 0 Å². The Morgan fingerprint density at radius 2 is 1.90 bits per heavy atom. The lowest BCUT2D eigenvalue weighted by Crippen LogP contribution is -2.27. The second-order valence-corrected chi connectivity index (χ2v) is 7.61. The van der Waals surface area contributed by atoms with Crippen LogP contribution in [-0.4, -0.2) is 41.4 Å². The van der Waals surface area contributed by atoms with E-state index in [0.29, 0.717) is 12.5 Å². The van der Waals surface area contributed by atoms with E-state index in [1.165, 1.54) is 11.1 Å². The van der Waals surface area contributed by atoms with Gasteiger partial charge in [-0.2, -0.15) is 0 Å². The van der Waals surface area contributed by atoms with E-state index in [0.717, 1.165) is 22.5 Å². The Kier molecular flexibility index (Phi) is 5.27. The molecule has 0 aliphatic carbocycles. The van der Waals surface area contributed by atoms with Gasteiger partial charge in [0, 0.05) is 23.9 Å². The molecule has 3 aromatic rings. The lowest BCUT2D eigenvalue weighted by atomic mass is 10.0. The quantitative estimate of drug-likeness (QED) is 0.699. The number of nitrogens with zero attached hydrogens (tertiary/aromatic N) is 3. The van der Waals surface area contributed by atoms with Gasteiger partial charge in [-0.05, 0) is 32.6 Å². The molecule has 2 aromatic carbocycles. The van der Waals surface area contributed by atoms with Crippen LogP contribution in [0.4, 0.5) is 11.6 Å². The van der Waals surface area contributed by atoms with Crippen molar-refractivity contribution in [3.63, 3.8) is 0 Å². The molecule has 6 nitrogen and oxygen atoms in total. The first-order valence-electron chi connectivity index (χ1n) is 9.73. The number of carbonyl (C=O) groups excluding carboxylic acids is 1. The number of likely N-dealkylation sites (N-methyl/N-ethyl adjacent to an activating group) is 1. The Balaban J connectivity index is 1.60. The van der Waals surface area contributed by atoms with Gasteiger partial charge in [-0.3, -0.25) is 4.79 Å². The maximum Gasteiger partial charge on any atom is 0.228 e. The van der Waals surface area contributed by atoms with Crippen molar-refractivity contribution in [3.8, 4) is 11.3 Å². The largest absolute Gasteiger partial charge is 0.352 e. The average Bonchev–Trinajstić information content (AvgIpc) is 2.84. The Bertz CT molecular complexity index is 1030. The zero-order valence-corrected chi connectivity index (χ0v) is 16.9. The number of aryl methyl sites for hydroxylation is 1. The van der Waals surface area contributed by atoms with Gasteiger partial charge in [0.05, 0.1) is 23.8 Å². The molecule has 0 saturated heterocycles. The van der Waals surface area contributed by atoms with Crippen molar-refractivity contribution in [3.05, 3.63) is 71.4 Å². The minimum atomic E-state index is -0.0486. The van der Waals surface area contributed by atoms with E-state index in [1.807, 2.05) is 24.3 Å². The van der Waals surface area contributed by atoms with Crippen LogP contribution in [-0.2, 0) is 11.2 Å². The molecule has 29 heavy (non-hydrogen) atoms. The van der Waals surface area contributed by atoms with Crippen LogP contribution in [0.25, 0.3) is 11.3 Å². The third kappa shape index (κ3) is 4.12. The van der Waals surface area contributed by atoms with Crippen LogP contribution in [0, 0.1) is 6.92 Å². The fourth-order valence-corrected chi connectivity index (χ4v) is 3.60. The number of anilines is 2. The van der Waals surface area contributed by atoms with Gasteiger partial charge in [-0.15, -0.1) is 0 Å². The van der Waals surface area contributed by atoms with Crippen molar-refractivity contribution in [2.75, 3.05) is 31.3 Å². The summed E-state index contributed by atoms with van der Waals surface area (Å²) in [7, 11) is 4.13. The molecule has 1 unspecified atom stereocenters. The molecule has 0 saturated carbocycles. The summed E-state index contributed by atoms with van der Waals surface area (Å²) in [5, 5.41) is 6.33. The molecule has 0 radical (unpaired) electrons. The number of nitrogens with one attached hydrogen (secondary N) is 2. The van der Waals surface area contributed by atoms with Crippen LogP contribution in [0.2, 0.25) is 0 Å². The first-order chi connectivity index (χ1) is 14.0. The second kappa shape index (κ2) is 8.01. The maximum absolute atomic E-state index is 12.2. The van der Waals surface area contributed by atoms with Crippen LogP contribution in [0.15, 0.2) is 54.7 Å². The van der Waals surface area contributed by atoms with Crippen molar-refractivity contribution >= 4 is 17.5 Å². The van der Waals surface area contributed by atoms with Gasteiger partial charge in [-0.1, -0.05) is 48.0 Å². The molecule has 0 bridgehead atoms. The topological polar surface area (TPSA) is 70.1 Å². The first kappa shape index (κ1) is 19.1. The molecule has 1 aromatic heterocycles. The number of carbonyl (C=O) groups is 1. The Labute approximate surface area is 171 Å². The van der Waals surface area contributed by atoms with Crippen LogP contribution >= 0.6 is 0 Å². The highest BCUT2D eigenvalue weighted by Gasteiger charge is 2.21. The monoisotopic (exact) mass is 387 g/mol. The molecule has 1 atom stereocenters. The molecule has 0 spiro atoms. The Morgan fingerprint density at radius 3 is 2.66 bits per heavy atom. The van der Waals surface area contributed by atoms with Gasteiger partial charge >= 0.3 is 0 Å². The van der Waals surface area contributed by atoms with Crippen molar-refractivity contribution in [2.45, 2.75) is 19.4 Å². The summed E-state index contributed by atoms with van der Waals surface area (Å²) < 4.78 is 0. The molecule has 0 fully saturated rings. The van der Waals surface area contributed by atoms with E-state index < -0.39 is 0 Å². The lowest BCUT2D eigenvalue weighted by molar-refractivity contribution is -0.115. The predicted molar refractivity (Wildman–Crippen MR) is 116 cm³/mol. The molecule has 1 amide bonds. The average molecular weight is 387 g/mol. The summed E-state index contributed by atoms with van der Waals surface area (Å²) in [4.78, 5) is 23.6. The molecule has 1 aliphatic heterocycles. The molecule has 1 aliphatic rings. The lowest BCUT2D eigenvalue weighted by Gasteiger charge is -2.25. The number of hydrogen-bond acceptors (Lipinski definition) is 5. The van der Waals surface area contributed by atoms with E-state index in [9.17, 15) is 4.79 Å². The SMILES string of the molecule is Cc1ccc(C(CNc2ncc3c(n2)-c2ccccc2NC(=O)C3)N(C)C)cc1. The molecular formula is C23H25N5O. The van der Waals surface area contributed by atoms with Gasteiger partial charge in [-0.25, -0.2) is 9.97 Å². The molecule has 4 rings (SSSR count). The zero-order valence-electron chi connectivity index (χ0n) is 16.9. The van der Waals surface area contributed by atoms with Gasteiger partial charge in [0.15, 0.2) is 0 Å². The normalized spacial score (nSPS) is 13.9. The molecule has 148 valence electrons. The zero-order chi connectivity index (χ0) is 20.4. The van der Waals surface area contributed by atoms with Crippen LogP contribution in [0.1, 0.15) is 22.7 Å². The number of fused-ring (bicyclic) bond motifs is 3. The van der Waals surface area contributed by atoms with E-state index >= 15 is 0 Å². The third-order valence-electron chi connectivity index (χ3n) is 5.21. The summed E-state index contributed by atoms with van der Waals surface area (Å²) >= 11 is 0. The van der Waals surface area contributed by atoms with Gasteiger partial charge in [0.2, 0.25) is 11.9 Å². The number of para-hydroxylation sites is 1. The fraction of sp³-hybridized carbons (Fsp3) is 0.261. The predicted octanol–water partition coefficient (Wildman–Crippen LogP) is 3.66. The minimum Gasteiger partial charge on any atom is -0.352 e. The maximum atomic E-state index is 12.2. The summed E-state index contributed by atoms with van der Waals surface area (Å²) in [6.45, 7) is 2.77. The van der Waals surface area contributed by atoms with Gasteiger partial charge in [0.25, 0.3) is 0 Å². The number of amides is 1. The summed E-state index contributed by atoms with van der Waals surface area (Å²) in [5.74, 6) is 0.513. The second-order valence-electron chi connectivity index (χ2n) is 7.61. The van der Waals surface area contributed by atoms with E-state index in [-0.39, 0.29) is 18.4 Å². The summed E-state index contributed by atoms with van der Waals surface area (Å²) in [5.41, 5.74) is 5.82. The van der Waals surface area contributed by atoms with E-state index in [2.05, 4.69) is 65.8 Å². The number of benzene rings is 2. The number of aromatic nitrogens is 2. The molecule has 2 N–H and O–H groups in total. The third-order valence-corrected chi connectivity index (χ3v) is 5.21. The molecule has 2 heterocycles. The van der Waals surface area contributed by atoms with E-state index in [4.69, 9.17) is 4.98 Å². The van der Waals surface area contributed by atoms with Crippen LogP contribution in [0.5, 0.6) is 0 Å². The van der Waals surface area contributed by atoms with Crippen LogP contribution in [0.3, 0.4) is 0 Å². The smallest absolute Gasteiger partial charge is 0.228 e. The first-order valence-corrected chi connectivity index (χ1v) is 9.73. The van der Waals surface area contributed by atoms with E-state index in [1.54, 1.807) is 6.20 Å². The number of hydrogen-bond donors (Lipinski definition) is 2. The van der Waals surface area contributed by atoms with Gasteiger partial charge in [0.1, 0.15) is 0 Å². The Morgan fingerprint density at radius 1 is 1.14 bits per heavy atom. The standard InChI is InChI=1S/C23H25N5O/c1-15-8-10-16(11-9-15)20(28(2)3)14-25-23-24-13-17-12-21(29)26-19-7-5-4-6-18(19)22(17)27-23/h4-11,13,20H,12,14H2,1-3H3,(H,26,29)(H,24,25,27). The highest BCUT2D eigenvalue weighted by Crippen LogP contribution is 2.32. The highest BCUT2D eigenvalue weighted by atomic mass is 16.1. The van der Waals surface area contributed by atoms with Crippen molar-refractivity contribution in [1.29, 1.82) is 0 Å². The van der Waals surface area contributed by atoms with Crippen molar-refractivity contribution < 1.29 is 4.79 Å². The summed E-state index contributed by atoms with van der Waals surface area (Å²) in [6.07, 6.45) is 2.02. The fourth-order valence-electron chi connectivity index (χ4n) is 3.60. The van der Waals surface area contributed by atoms with Crippen LogP contribution < -0.4 is 10.6 Å². The molecular weight excluding hydrogens is 362 g/mol. The van der Waals surface area contributed by atoms with Crippen molar-refractivity contribution in [1.82, 2.24) is 14.9 Å². The highest BCUT2D eigenvalue weighted by molar-refractivity contribution is 5.99. The Hall–Kier alpha value is -3.25. The van der Waals surface area contributed by atoms with Gasteiger partial charge < -0.3 is 15.5 Å². The number of rotatable bonds is 5. The molecule has 6 heteroatoms. The summed E-state index contributed by atoms with van der Waals surface area (Å²) in [6, 6.07) is 16.5.